The van der Waals surface area contributed by atoms with E-state index in [-0.39, 0.29) is 24.2 Å². The van der Waals surface area contributed by atoms with Crippen LogP contribution in [0.3, 0.4) is 0 Å². The summed E-state index contributed by atoms with van der Waals surface area (Å²) in [6.45, 7) is 8.25. The van der Waals surface area contributed by atoms with E-state index < -0.39 is 4.92 Å². The summed E-state index contributed by atoms with van der Waals surface area (Å²) < 4.78 is 0. The third-order valence-electron chi connectivity index (χ3n) is 4.59. The van der Waals surface area contributed by atoms with Crippen molar-refractivity contribution in [3.05, 3.63) is 69.3 Å². The Bertz CT molecular complexity index is 801. The molecule has 27 heavy (non-hydrogen) atoms. The van der Waals surface area contributed by atoms with Gasteiger partial charge < -0.3 is 10.6 Å². The largest absolute Gasteiger partial charge is 0.325 e. The summed E-state index contributed by atoms with van der Waals surface area (Å²) in [6, 6.07) is 12.9. The summed E-state index contributed by atoms with van der Waals surface area (Å²) in [6.07, 6.45) is 0.997. The molecule has 1 atom stereocenters. The summed E-state index contributed by atoms with van der Waals surface area (Å²) in [4.78, 5) is 22.7. The van der Waals surface area contributed by atoms with Crippen LogP contribution >= 0.6 is 0 Å². The number of nitrogens with one attached hydrogen (secondary N) is 2. The van der Waals surface area contributed by atoms with E-state index in [1.165, 1.54) is 17.7 Å². The van der Waals surface area contributed by atoms with Gasteiger partial charge in [0.2, 0.25) is 5.91 Å². The highest BCUT2D eigenvalue weighted by atomic mass is 16.6. The highest BCUT2D eigenvalue weighted by molar-refractivity contribution is 5.93. The number of nitrogens with zero attached hydrogens (tertiary/aromatic N) is 1. The fourth-order valence-corrected chi connectivity index (χ4v) is 3.00. The van der Waals surface area contributed by atoms with E-state index in [1.54, 1.807) is 13.0 Å². The molecule has 2 N–H and O–H groups in total. The van der Waals surface area contributed by atoms with Gasteiger partial charge in [-0.15, -0.1) is 0 Å². The zero-order valence-corrected chi connectivity index (χ0v) is 16.3. The SMILES string of the molecule is CCc1ccc([C@@H](NCC(=O)Nc2ccc([N+](=O)[O-])cc2C)C(C)C)cc1. The number of nitro benzene ring substituents is 1. The maximum atomic E-state index is 12.3. The minimum atomic E-state index is -0.447. The van der Waals surface area contributed by atoms with Crippen LogP contribution in [0.4, 0.5) is 11.4 Å². The van der Waals surface area contributed by atoms with Crippen LogP contribution in [-0.2, 0) is 11.2 Å². The number of benzene rings is 2. The molecule has 6 nitrogen and oxygen atoms in total. The van der Waals surface area contributed by atoms with Gasteiger partial charge in [0.25, 0.3) is 5.69 Å². The van der Waals surface area contributed by atoms with Crippen molar-refractivity contribution in [1.82, 2.24) is 5.32 Å². The molecule has 0 saturated carbocycles. The number of hydrogen-bond acceptors (Lipinski definition) is 4. The topological polar surface area (TPSA) is 84.3 Å². The zero-order valence-electron chi connectivity index (χ0n) is 16.3. The fourth-order valence-electron chi connectivity index (χ4n) is 3.00. The first-order valence-corrected chi connectivity index (χ1v) is 9.19. The van der Waals surface area contributed by atoms with Crippen LogP contribution in [0.5, 0.6) is 0 Å². The first-order chi connectivity index (χ1) is 12.8. The molecule has 2 rings (SSSR count). The molecule has 0 bridgehead atoms. The fraction of sp³-hybridized carbons (Fsp3) is 0.381. The molecule has 0 heterocycles. The lowest BCUT2D eigenvalue weighted by Crippen LogP contribution is -2.33. The smallest absolute Gasteiger partial charge is 0.269 e. The molecular weight excluding hydrogens is 342 g/mol. The Balaban J connectivity index is 2.00. The third kappa shape index (κ3) is 5.62. The van der Waals surface area contributed by atoms with E-state index in [1.807, 2.05) is 0 Å². The molecule has 0 aliphatic heterocycles. The number of amides is 1. The quantitative estimate of drug-likeness (QED) is 0.534. The summed E-state index contributed by atoms with van der Waals surface area (Å²) in [5.74, 6) is 0.147. The second-order valence-corrected chi connectivity index (χ2v) is 7.00. The van der Waals surface area contributed by atoms with Crippen LogP contribution in [0.1, 0.15) is 43.5 Å². The molecule has 0 spiro atoms. The Morgan fingerprint density at radius 1 is 1.15 bits per heavy atom. The highest BCUT2D eigenvalue weighted by Crippen LogP contribution is 2.23. The average Bonchev–Trinajstić information content (AvgIpc) is 2.63. The second kappa shape index (κ2) is 9.28. The number of carbonyl (C=O) groups excluding carboxylic acids is 1. The molecule has 1 amide bonds. The van der Waals surface area contributed by atoms with E-state index in [9.17, 15) is 14.9 Å². The molecule has 0 fully saturated rings. The summed E-state index contributed by atoms with van der Waals surface area (Å²) >= 11 is 0. The van der Waals surface area contributed by atoms with Crippen molar-refractivity contribution in [2.75, 3.05) is 11.9 Å². The number of hydrogen-bond donors (Lipinski definition) is 2. The van der Waals surface area contributed by atoms with Gasteiger partial charge in [0.05, 0.1) is 11.5 Å². The first-order valence-electron chi connectivity index (χ1n) is 9.19. The lowest BCUT2D eigenvalue weighted by molar-refractivity contribution is -0.384. The highest BCUT2D eigenvalue weighted by Gasteiger charge is 2.17. The van der Waals surface area contributed by atoms with E-state index in [2.05, 4.69) is 55.7 Å². The summed E-state index contributed by atoms with van der Waals surface area (Å²) in [5.41, 5.74) is 3.70. The molecule has 144 valence electrons. The van der Waals surface area contributed by atoms with Crippen LogP contribution < -0.4 is 10.6 Å². The molecule has 6 heteroatoms. The Morgan fingerprint density at radius 2 is 1.81 bits per heavy atom. The molecule has 0 aliphatic carbocycles. The van der Waals surface area contributed by atoms with Crippen LogP contribution in [-0.4, -0.2) is 17.4 Å². The maximum Gasteiger partial charge on any atom is 0.269 e. The number of aryl methyl sites for hydroxylation is 2. The van der Waals surface area contributed by atoms with Gasteiger partial charge in [0.1, 0.15) is 0 Å². The molecule has 0 aromatic heterocycles. The number of rotatable bonds is 8. The standard InChI is InChI=1S/C21H27N3O3/c1-5-16-6-8-17(9-7-16)21(14(2)3)22-13-20(25)23-19-11-10-18(24(26)27)12-15(19)4/h6-12,14,21-22H,5,13H2,1-4H3,(H,23,25)/t21-/m0/s1. The van der Waals surface area contributed by atoms with Gasteiger partial charge in [-0.05, 0) is 42.0 Å². The van der Waals surface area contributed by atoms with E-state index in [4.69, 9.17) is 0 Å². The number of carbonyl (C=O) groups is 1. The van der Waals surface area contributed by atoms with Gasteiger partial charge in [-0.1, -0.05) is 45.0 Å². The average molecular weight is 369 g/mol. The Labute approximate surface area is 160 Å². The normalized spacial score (nSPS) is 12.0. The molecule has 0 aliphatic rings. The second-order valence-electron chi connectivity index (χ2n) is 7.00. The predicted octanol–water partition coefficient (Wildman–Crippen LogP) is 4.39. The van der Waals surface area contributed by atoms with Crippen molar-refractivity contribution < 1.29 is 9.72 Å². The molecule has 2 aromatic rings. The van der Waals surface area contributed by atoms with Crippen LogP contribution in [0.2, 0.25) is 0 Å². The van der Waals surface area contributed by atoms with Gasteiger partial charge in [0.15, 0.2) is 0 Å². The van der Waals surface area contributed by atoms with E-state index in [0.29, 0.717) is 17.2 Å². The summed E-state index contributed by atoms with van der Waals surface area (Å²) in [5, 5.41) is 16.9. The lowest BCUT2D eigenvalue weighted by atomic mass is 9.95. The molecule has 0 radical (unpaired) electrons. The Hall–Kier alpha value is -2.73. The number of nitro groups is 1. The number of anilines is 1. The molecule has 2 aromatic carbocycles. The van der Waals surface area contributed by atoms with Crippen LogP contribution in [0.15, 0.2) is 42.5 Å². The molecule has 0 saturated heterocycles. The molecular formula is C21H27N3O3. The zero-order chi connectivity index (χ0) is 20.0. The van der Waals surface area contributed by atoms with Crippen molar-refractivity contribution in [2.45, 2.75) is 40.2 Å². The summed E-state index contributed by atoms with van der Waals surface area (Å²) in [7, 11) is 0. The lowest BCUT2D eigenvalue weighted by Gasteiger charge is -2.23. The van der Waals surface area contributed by atoms with Gasteiger partial charge in [-0.25, -0.2) is 0 Å². The van der Waals surface area contributed by atoms with Gasteiger partial charge in [0, 0.05) is 23.9 Å². The minimum Gasteiger partial charge on any atom is -0.325 e. The molecule has 0 unspecified atom stereocenters. The maximum absolute atomic E-state index is 12.3. The van der Waals surface area contributed by atoms with Gasteiger partial charge in [-0.3, -0.25) is 14.9 Å². The van der Waals surface area contributed by atoms with Crippen LogP contribution in [0.25, 0.3) is 0 Å². The van der Waals surface area contributed by atoms with Crippen LogP contribution in [0, 0.1) is 23.0 Å². The Kier molecular flexibility index (Phi) is 7.07. The van der Waals surface area contributed by atoms with Crippen molar-refractivity contribution in [2.24, 2.45) is 5.92 Å². The minimum absolute atomic E-state index is 0.0130. The van der Waals surface area contributed by atoms with Crippen molar-refractivity contribution in [1.29, 1.82) is 0 Å². The third-order valence-corrected chi connectivity index (χ3v) is 4.59. The van der Waals surface area contributed by atoms with Crippen molar-refractivity contribution >= 4 is 17.3 Å². The van der Waals surface area contributed by atoms with Gasteiger partial charge in [-0.2, -0.15) is 0 Å². The van der Waals surface area contributed by atoms with Crippen molar-refractivity contribution in [3.63, 3.8) is 0 Å². The Morgan fingerprint density at radius 3 is 2.33 bits per heavy atom. The van der Waals surface area contributed by atoms with E-state index in [0.717, 1.165) is 12.0 Å². The predicted molar refractivity (Wildman–Crippen MR) is 108 cm³/mol. The van der Waals surface area contributed by atoms with Crippen molar-refractivity contribution in [3.8, 4) is 0 Å². The first kappa shape index (κ1) is 20.6. The monoisotopic (exact) mass is 369 g/mol. The number of non-ortho nitro benzene ring substituents is 1. The van der Waals surface area contributed by atoms with Gasteiger partial charge >= 0.3 is 0 Å². The van der Waals surface area contributed by atoms with E-state index >= 15 is 0 Å².